The molecule has 2 atom stereocenters. The van der Waals surface area contributed by atoms with Crippen molar-refractivity contribution in [3.63, 3.8) is 0 Å². The highest BCUT2D eigenvalue weighted by molar-refractivity contribution is 8.02. The summed E-state index contributed by atoms with van der Waals surface area (Å²) in [6, 6.07) is 0. The van der Waals surface area contributed by atoms with Gasteiger partial charge in [-0.15, -0.1) is 0 Å². The van der Waals surface area contributed by atoms with Gasteiger partial charge in [-0.05, 0) is 37.0 Å². The van der Waals surface area contributed by atoms with Crippen LogP contribution in [0.2, 0.25) is 0 Å². The van der Waals surface area contributed by atoms with Crippen LogP contribution in [-0.4, -0.2) is 10.00 Å². The lowest BCUT2D eigenvalue weighted by atomic mass is 9.87. The molecule has 2 unspecified atom stereocenters. The highest BCUT2D eigenvalue weighted by Crippen LogP contribution is 2.86. The van der Waals surface area contributed by atoms with Crippen molar-refractivity contribution in [3.8, 4) is 0 Å². The second-order valence-electron chi connectivity index (χ2n) is 5.12. The van der Waals surface area contributed by atoms with Crippen LogP contribution in [0.15, 0.2) is 0 Å². The molecule has 0 aliphatic heterocycles. The summed E-state index contributed by atoms with van der Waals surface area (Å²) < 4.78 is 0.826. The van der Waals surface area contributed by atoms with Crippen LogP contribution in [0.4, 0.5) is 0 Å². The van der Waals surface area contributed by atoms with Crippen LogP contribution in [0.25, 0.3) is 0 Å². The first kappa shape index (κ1) is 6.82. The molecule has 0 saturated heterocycles. The van der Waals surface area contributed by atoms with Crippen molar-refractivity contribution < 1.29 is 0 Å². The minimum Gasteiger partial charge on any atom is -0.151 e. The Morgan fingerprint density at radius 1 is 1.27 bits per heavy atom. The van der Waals surface area contributed by atoms with Crippen LogP contribution in [0.3, 0.4) is 0 Å². The smallest absolute Gasteiger partial charge is 0.0228 e. The van der Waals surface area contributed by atoms with Crippen molar-refractivity contribution in [3.05, 3.63) is 0 Å². The molecule has 0 aromatic heterocycles. The van der Waals surface area contributed by atoms with Crippen LogP contribution < -0.4 is 0 Å². The largest absolute Gasteiger partial charge is 0.151 e. The number of hydrogen-bond acceptors (Lipinski definition) is 1. The van der Waals surface area contributed by atoms with Crippen LogP contribution >= 0.6 is 11.8 Å². The van der Waals surface area contributed by atoms with Gasteiger partial charge in [0.1, 0.15) is 0 Å². The molecule has 0 bridgehead atoms. The van der Waals surface area contributed by atoms with Crippen LogP contribution in [0.5, 0.6) is 0 Å². The van der Waals surface area contributed by atoms with Gasteiger partial charge < -0.3 is 0 Å². The molecule has 0 N–H and O–H groups in total. The molecule has 0 radical (unpaired) electrons. The normalized spacial score (nSPS) is 64.9. The van der Waals surface area contributed by atoms with E-state index in [2.05, 4.69) is 25.6 Å². The average Bonchev–Trinajstić information content (AvgIpc) is 2.65. The fraction of sp³-hybridized carbons (Fsp3) is 1.00. The lowest BCUT2D eigenvalue weighted by molar-refractivity contribution is 0.362. The third kappa shape index (κ3) is 0.734. The highest BCUT2D eigenvalue weighted by Gasteiger charge is 2.80. The summed E-state index contributed by atoms with van der Waals surface area (Å²) in [6.45, 7) is 4.88. The Kier molecular flexibility index (Phi) is 1.03. The predicted octanol–water partition coefficient (Wildman–Crippen LogP) is 3.07. The van der Waals surface area contributed by atoms with Gasteiger partial charge in [-0.3, -0.25) is 0 Å². The molecule has 3 rings (SSSR count). The van der Waals surface area contributed by atoms with E-state index < -0.39 is 0 Å². The van der Waals surface area contributed by atoms with Gasteiger partial charge in [-0.25, -0.2) is 0 Å². The molecule has 3 aliphatic carbocycles. The SMILES string of the molecule is CC1CCC1SC12CC1(C)C2. The van der Waals surface area contributed by atoms with E-state index in [1.165, 1.54) is 25.7 Å². The van der Waals surface area contributed by atoms with Gasteiger partial charge in [0, 0.05) is 10.00 Å². The number of hydrogen-bond donors (Lipinski definition) is 0. The monoisotopic (exact) mass is 168 g/mol. The van der Waals surface area contributed by atoms with E-state index in [4.69, 9.17) is 0 Å². The second-order valence-corrected chi connectivity index (χ2v) is 6.74. The van der Waals surface area contributed by atoms with Gasteiger partial charge in [0.15, 0.2) is 0 Å². The van der Waals surface area contributed by atoms with E-state index in [9.17, 15) is 0 Å². The molecule has 0 nitrogen and oxygen atoms in total. The van der Waals surface area contributed by atoms with Crippen LogP contribution in [-0.2, 0) is 0 Å². The third-order valence-electron chi connectivity index (χ3n) is 4.12. The van der Waals surface area contributed by atoms with Crippen molar-refractivity contribution in [2.75, 3.05) is 0 Å². The number of thioether (sulfide) groups is 1. The van der Waals surface area contributed by atoms with Crippen molar-refractivity contribution in [2.45, 2.75) is 49.5 Å². The second kappa shape index (κ2) is 1.66. The standard InChI is InChI=1S/C10H16S/c1-7-3-4-8(7)11-10-5-9(10,2)6-10/h7-8H,3-6H2,1-2H3. The Morgan fingerprint density at radius 3 is 2.18 bits per heavy atom. The van der Waals surface area contributed by atoms with Gasteiger partial charge >= 0.3 is 0 Å². The Balaban J connectivity index is 1.61. The van der Waals surface area contributed by atoms with Gasteiger partial charge in [0.2, 0.25) is 0 Å². The van der Waals surface area contributed by atoms with Gasteiger partial charge in [-0.2, -0.15) is 11.8 Å². The van der Waals surface area contributed by atoms with Crippen molar-refractivity contribution >= 4 is 11.8 Å². The van der Waals surface area contributed by atoms with E-state index in [0.29, 0.717) is 0 Å². The summed E-state index contributed by atoms with van der Waals surface area (Å²) in [5.41, 5.74) is 0.826. The maximum absolute atomic E-state index is 2.46. The molecule has 3 aliphatic rings. The molecule has 0 aromatic rings. The number of fused-ring (bicyclic) bond motifs is 1. The topological polar surface area (TPSA) is 0 Å². The van der Waals surface area contributed by atoms with Crippen molar-refractivity contribution in [2.24, 2.45) is 11.3 Å². The molecule has 3 saturated carbocycles. The van der Waals surface area contributed by atoms with Gasteiger partial charge in [0.25, 0.3) is 0 Å². The molecular weight excluding hydrogens is 152 g/mol. The zero-order chi connectivity index (χ0) is 7.69. The molecule has 62 valence electrons. The quantitative estimate of drug-likeness (QED) is 0.610. The maximum Gasteiger partial charge on any atom is 0.0228 e. The van der Waals surface area contributed by atoms with E-state index in [-0.39, 0.29) is 0 Å². The van der Waals surface area contributed by atoms with E-state index in [1.807, 2.05) is 0 Å². The first-order valence-corrected chi connectivity index (χ1v) is 5.71. The fourth-order valence-corrected chi connectivity index (χ4v) is 4.74. The molecule has 0 aromatic carbocycles. The summed E-state index contributed by atoms with van der Waals surface area (Å²) in [6.07, 6.45) is 6.07. The predicted molar refractivity (Wildman–Crippen MR) is 49.8 cm³/mol. The van der Waals surface area contributed by atoms with Crippen molar-refractivity contribution in [1.29, 1.82) is 0 Å². The summed E-state index contributed by atoms with van der Waals surface area (Å²) in [5, 5.41) is 1.04. The minimum atomic E-state index is 0.826. The van der Waals surface area contributed by atoms with Crippen LogP contribution in [0.1, 0.15) is 39.5 Å². The fourth-order valence-electron chi connectivity index (χ4n) is 2.45. The lowest BCUT2D eigenvalue weighted by Crippen LogP contribution is -2.27. The van der Waals surface area contributed by atoms with E-state index >= 15 is 0 Å². The van der Waals surface area contributed by atoms with Gasteiger partial charge in [-0.1, -0.05) is 13.8 Å². The number of rotatable bonds is 2. The first-order chi connectivity index (χ1) is 5.15. The van der Waals surface area contributed by atoms with Crippen molar-refractivity contribution in [1.82, 2.24) is 0 Å². The zero-order valence-electron chi connectivity index (χ0n) is 7.39. The molecular formula is C10H16S. The minimum absolute atomic E-state index is 0.826. The highest BCUT2D eigenvalue weighted by atomic mass is 32.2. The summed E-state index contributed by atoms with van der Waals surface area (Å²) >= 11 is 2.34. The first-order valence-electron chi connectivity index (χ1n) is 4.83. The Labute approximate surface area is 73.1 Å². The third-order valence-corrected chi connectivity index (χ3v) is 6.36. The van der Waals surface area contributed by atoms with Gasteiger partial charge in [0.05, 0.1) is 0 Å². The Morgan fingerprint density at radius 2 is 1.91 bits per heavy atom. The Hall–Kier alpha value is 0.350. The molecule has 11 heavy (non-hydrogen) atoms. The summed E-state index contributed by atoms with van der Waals surface area (Å²) in [7, 11) is 0. The van der Waals surface area contributed by atoms with E-state index in [0.717, 1.165) is 21.3 Å². The average molecular weight is 168 g/mol. The molecule has 1 heteroatoms. The zero-order valence-corrected chi connectivity index (χ0v) is 8.21. The van der Waals surface area contributed by atoms with E-state index in [1.54, 1.807) is 0 Å². The van der Waals surface area contributed by atoms with Crippen LogP contribution in [0, 0.1) is 11.3 Å². The summed E-state index contributed by atoms with van der Waals surface area (Å²) in [4.78, 5) is 0. The lowest BCUT2D eigenvalue weighted by Gasteiger charge is -2.34. The molecule has 3 fully saturated rings. The maximum atomic E-state index is 2.46. The molecule has 0 amide bonds. The molecule has 0 spiro atoms. The summed E-state index contributed by atoms with van der Waals surface area (Å²) in [5.74, 6) is 1.03. The molecule has 0 heterocycles. The Bertz CT molecular complexity index is 203.